The van der Waals surface area contributed by atoms with Crippen molar-refractivity contribution in [1.82, 2.24) is 9.97 Å². The minimum absolute atomic E-state index is 0.199. The van der Waals surface area contributed by atoms with Gasteiger partial charge in [0.05, 0.1) is 11.3 Å². The predicted molar refractivity (Wildman–Crippen MR) is 73.4 cm³/mol. The fraction of sp³-hybridized carbons (Fsp3) is 0.615. The van der Waals surface area contributed by atoms with Crippen molar-refractivity contribution in [3.63, 3.8) is 0 Å². The highest BCUT2D eigenvalue weighted by molar-refractivity contribution is 7.99. The summed E-state index contributed by atoms with van der Waals surface area (Å²) >= 11 is 1.97. The molecule has 0 spiro atoms. The maximum atomic E-state index is 11.9. The largest absolute Gasteiger partial charge is 0.339 e. The quantitative estimate of drug-likeness (QED) is 0.773. The van der Waals surface area contributed by atoms with Crippen LogP contribution in [-0.2, 0) is 6.42 Å². The van der Waals surface area contributed by atoms with Crippen LogP contribution in [0.15, 0.2) is 6.20 Å². The molecule has 0 N–H and O–H groups in total. The third-order valence-electron chi connectivity index (χ3n) is 3.52. The number of hydrogen-bond donors (Lipinski definition) is 0. The summed E-state index contributed by atoms with van der Waals surface area (Å²) in [5, 5.41) is 0. The Kier molecular flexibility index (Phi) is 3.24. The molecule has 0 unspecified atom stereocenters. The number of anilines is 1. The van der Waals surface area contributed by atoms with Gasteiger partial charge in [-0.2, -0.15) is 11.8 Å². The number of ketones is 1. The van der Waals surface area contributed by atoms with Crippen molar-refractivity contribution < 1.29 is 4.79 Å². The summed E-state index contributed by atoms with van der Waals surface area (Å²) in [6, 6.07) is 0. The summed E-state index contributed by atoms with van der Waals surface area (Å²) in [5.41, 5.74) is 1.69. The molecule has 5 heteroatoms. The van der Waals surface area contributed by atoms with E-state index < -0.39 is 0 Å². The predicted octanol–water partition coefficient (Wildman–Crippen LogP) is 1.79. The van der Waals surface area contributed by atoms with E-state index in [2.05, 4.69) is 21.8 Å². The van der Waals surface area contributed by atoms with Gasteiger partial charge in [-0.1, -0.05) is 6.92 Å². The zero-order valence-electron chi connectivity index (χ0n) is 10.6. The lowest BCUT2D eigenvalue weighted by Crippen LogP contribution is -2.34. The van der Waals surface area contributed by atoms with Crippen LogP contribution in [0.5, 0.6) is 0 Å². The molecule has 1 aliphatic heterocycles. The average molecular weight is 263 g/mol. The highest BCUT2D eigenvalue weighted by Crippen LogP contribution is 2.25. The molecule has 2 heterocycles. The maximum Gasteiger partial charge on any atom is 0.225 e. The van der Waals surface area contributed by atoms with Gasteiger partial charge in [-0.05, 0) is 12.3 Å². The molecular weight excluding hydrogens is 246 g/mol. The van der Waals surface area contributed by atoms with E-state index in [9.17, 15) is 4.79 Å². The number of hydrogen-bond acceptors (Lipinski definition) is 5. The minimum Gasteiger partial charge on any atom is -0.339 e. The third kappa shape index (κ3) is 2.23. The summed E-state index contributed by atoms with van der Waals surface area (Å²) in [6.07, 6.45) is 3.27. The molecule has 0 bridgehead atoms. The number of carbonyl (C=O) groups is 1. The molecule has 3 rings (SSSR count). The van der Waals surface area contributed by atoms with Crippen LogP contribution in [0.3, 0.4) is 0 Å². The number of nitrogens with zero attached hydrogens (tertiary/aromatic N) is 3. The Morgan fingerprint density at radius 2 is 2.11 bits per heavy atom. The monoisotopic (exact) mass is 263 g/mol. The van der Waals surface area contributed by atoms with E-state index in [0.717, 1.165) is 48.2 Å². The van der Waals surface area contributed by atoms with E-state index in [-0.39, 0.29) is 5.78 Å². The van der Waals surface area contributed by atoms with Gasteiger partial charge in [0.15, 0.2) is 5.78 Å². The Balaban J connectivity index is 1.90. The molecule has 0 aromatic carbocycles. The van der Waals surface area contributed by atoms with Gasteiger partial charge in [0.1, 0.15) is 0 Å². The molecule has 1 aromatic rings. The second-order valence-electron chi connectivity index (χ2n) is 5.07. The van der Waals surface area contributed by atoms with Crippen LogP contribution < -0.4 is 4.90 Å². The van der Waals surface area contributed by atoms with Gasteiger partial charge in [0, 0.05) is 37.2 Å². The lowest BCUT2D eigenvalue weighted by Gasteiger charge is -2.28. The van der Waals surface area contributed by atoms with Crippen LogP contribution in [0.2, 0.25) is 0 Å². The molecule has 2 aliphatic rings. The molecule has 0 radical (unpaired) electrons. The molecule has 1 aromatic heterocycles. The molecule has 96 valence electrons. The number of rotatable bonds is 1. The van der Waals surface area contributed by atoms with Crippen molar-refractivity contribution in [1.29, 1.82) is 0 Å². The van der Waals surface area contributed by atoms with E-state index in [1.54, 1.807) is 6.20 Å². The summed E-state index contributed by atoms with van der Waals surface area (Å²) < 4.78 is 0. The zero-order valence-corrected chi connectivity index (χ0v) is 11.4. The molecule has 1 fully saturated rings. The fourth-order valence-corrected chi connectivity index (χ4v) is 3.44. The van der Waals surface area contributed by atoms with E-state index in [0.29, 0.717) is 12.3 Å². The Labute approximate surface area is 111 Å². The van der Waals surface area contributed by atoms with Crippen molar-refractivity contribution in [2.75, 3.05) is 29.5 Å². The Bertz CT molecular complexity index is 471. The summed E-state index contributed by atoms with van der Waals surface area (Å²) in [4.78, 5) is 23.1. The Morgan fingerprint density at radius 1 is 1.33 bits per heavy atom. The molecule has 0 amide bonds. The van der Waals surface area contributed by atoms with E-state index >= 15 is 0 Å². The summed E-state index contributed by atoms with van der Waals surface area (Å²) in [6.45, 7) is 4.13. The van der Waals surface area contributed by atoms with Crippen LogP contribution in [0.4, 0.5) is 5.95 Å². The fourth-order valence-electron chi connectivity index (χ4n) is 2.54. The van der Waals surface area contributed by atoms with Crippen molar-refractivity contribution >= 4 is 23.5 Å². The normalized spacial score (nSPS) is 23.9. The first kappa shape index (κ1) is 12.0. The number of thioether (sulfide) groups is 1. The van der Waals surface area contributed by atoms with Crippen LogP contribution in [0, 0.1) is 5.92 Å². The highest BCUT2D eigenvalue weighted by atomic mass is 32.2. The molecule has 1 saturated heterocycles. The van der Waals surface area contributed by atoms with Crippen LogP contribution in [0.1, 0.15) is 29.4 Å². The van der Waals surface area contributed by atoms with Gasteiger partial charge in [0.25, 0.3) is 0 Å². The number of aromatic nitrogens is 2. The van der Waals surface area contributed by atoms with Crippen molar-refractivity contribution in [3.05, 3.63) is 17.5 Å². The van der Waals surface area contributed by atoms with Crippen molar-refractivity contribution in [3.8, 4) is 0 Å². The van der Waals surface area contributed by atoms with Gasteiger partial charge in [-0.15, -0.1) is 0 Å². The molecular formula is C13H17N3OS. The standard InChI is InChI=1S/C13H17N3OS/c1-9-6-11-10(12(17)7-9)8-14-13(15-11)16-2-4-18-5-3-16/h8-9H,2-7H2,1H3/t9-/m1/s1. The van der Waals surface area contributed by atoms with Crippen molar-refractivity contribution in [2.24, 2.45) is 5.92 Å². The van der Waals surface area contributed by atoms with E-state index in [1.807, 2.05) is 11.8 Å². The molecule has 1 aliphatic carbocycles. The molecule has 4 nitrogen and oxygen atoms in total. The first-order valence-corrected chi connectivity index (χ1v) is 7.61. The lowest BCUT2D eigenvalue weighted by molar-refractivity contribution is 0.0951. The van der Waals surface area contributed by atoms with Gasteiger partial charge in [-0.3, -0.25) is 4.79 Å². The Hall–Kier alpha value is -1.10. The Morgan fingerprint density at radius 3 is 2.89 bits per heavy atom. The third-order valence-corrected chi connectivity index (χ3v) is 4.47. The SMILES string of the molecule is C[C@H]1CC(=O)c2cnc(N3CCSCC3)nc2C1. The van der Waals surface area contributed by atoms with Crippen LogP contribution in [0.25, 0.3) is 0 Å². The summed E-state index contributed by atoms with van der Waals surface area (Å²) in [5.74, 6) is 3.68. The smallest absolute Gasteiger partial charge is 0.225 e. The first-order chi connectivity index (χ1) is 8.74. The molecule has 1 atom stereocenters. The zero-order chi connectivity index (χ0) is 12.5. The number of fused-ring (bicyclic) bond motifs is 1. The second-order valence-corrected chi connectivity index (χ2v) is 6.29. The van der Waals surface area contributed by atoms with Gasteiger partial charge < -0.3 is 4.90 Å². The van der Waals surface area contributed by atoms with Crippen LogP contribution in [-0.4, -0.2) is 40.3 Å². The number of Topliss-reactive ketones (excluding diaryl/α,β-unsaturated/α-hetero) is 1. The topological polar surface area (TPSA) is 46.1 Å². The van der Waals surface area contributed by atoms with Crippen LogP contribution >= 0.6 is 11.8 Å². The molecule has 0 saturated carbocycles. The van der Waals surface area contributed by atoms with Gasteiger partial charge in [0.2, 0.25) is 5.95 Å². The number of carbonyl (C=O) groups excluding carboxylic acids is 1. The van der Waals surface area contributed by atoms with Crippen molar-refractivity contribution in [2.45, 2.75) is 19.8 Å². The maximum absolute atomic E-state index is 11.9. The minimum atomic E-state index is 0.199. The highest BCUT2D eigenvalue weighted by Gasteiger charge is 2.25. The lowest BCUT2D eigenvalue weighted by atomic mass is 9.88. The van der Waals surface area contributed by atoms with Gasteiger partial charge >= 0.3 is 0 Å². The van der Waals surface area contributed by atoms with E-state index in [1.165, 1.54) is 0 Å². The molecule has 18 heavy (non-hydrogen) atoms. The second kappa shape index (κ2) is 4.88. The van der Waals surface area contributed by atoms with Gasteiger partial charge in [-0.25, -0.2) is 9.97 Å². The average Bonchev–Trinajstić information content (AvgIpc) is 2.39. The first-order valence-electron chi connectivity index (χ1n) is 6.46. The van der Waals surface area contributed by atoms with E-state index in [4.69, 9.17) is 0 Å². The summed E-state index contributed by atoms with van der Waals surface area (Å²) in [7, 11) is 0.